The number of likely N-dealkylation sites (N-methyl/N-ethyl adjacent to an activating group) is 1. The molecule has 0 spiro atoms. The van der Waals surface area contributed by atoms with Gasteiger partial charge in [0.2, 0.25) is 0 Å². The predicted octanol–water partition coefficient (Wildman–Crippen LogP) is 1.77. The van der Waals surface area contributed by atoms with E-state index in [-0.39, 0.29) is 28.6 Å². The molecular weight excluding hydrogens is 338 g/mol. The zero-order valence-electron chi connectivity index (χ0n) is 12.6. The largest absolute Gasteiger partial charge is 0.858 e. The summed E-state index contributed by atoms with van der Waals surface area (Å²) >= 11 is 0. The maximum Gasteiger partial charge on any atom is 0.269 e. The van der Waals surface area contributed by atoms with E-state index in [4.69, 9.17) is 0 Å². The molecule has 21 heavy (non-hydrogen) atoms. The quantitative estimate of drug-likeness (QED) is 0.244. The summed E-state index contributed by atoms with van der Waals surface area (Å²) in [7, 11) is 2.13. The van der Waals surface area contributed by atoms with Crippen LogP contribution in [0.3, 0.4) is 0 Å². The molecule has 0 bridgehead atoms. The van der Waals surface area contributed by atoms with Gasteiger partial charge in [0.05, 0.1) is 38.2 Å². The normalized spacial score (nSPS) is 11.9. The van der Waals surface area contributed by atoms with E-state index < -0.39 is 4.92 Å². The number of nitro benzene ring substituents is 1. The molecule has 1 rings (SSSR count). The number of hydrogen-bond donors (Lipinski definition) is 0. The minimum absolute atomic E-state index is 0. The van der Waals surface area contributed by atoms with Gasteiger partial charge in [0.1, 0.15) is 0 Å². The third kappa shape index (κ3) is 5.81. The van der Waals surface area contributed by atoms with Gasteiger partial charge in [-0.25, -0.2) is 0 Å². The first-order valence-corrected chi connectivity index (χ1v) is 6.71. The van der Waals surface area contributed by atoms with Crippen LogP contribution in [0.4, 0.5) is 5.69 Å². The van der Waals surface area contributed by atoms with E-state index in [0.717, 1.165) is 24.1 Å². The summed E-state index contributed by atoms with van der Waals surface area (Å²) in [6.07, 6.45) is 0. The van der Waals surface area contributed by atoms with Crippen LogP contribution in [0.25, 0.3) is 0 Å². The Balaban J connectivity index is 0.00000400. The number of hydrogen-bond acceptors (Lipinski definition) is 4. The molecule has 0 heterocycles. The Bertz CT molecular complexity index is 485. The van der Waals surface area contributed by atoms with Crippen molar-refractivity contribution in [2.75, 3.05) is 33.2 Å². The zero-order valence-corrected chi connectivity index (χ0v) is 14.3. The summed E-state index contributed by atoms with van der Waals surface area (Å²) in [6.45, 7) is 7.50. The van der Waals surface area contributed by atoms with Crippen molar-refractivity contribution in [3.8, 4) is 0 Å². The van der Waals surface area contributed by atoms with Gasteiger partial charge in [0.25, 0.3) is 5.69 Å². The first kappa shape index (κ1) is 19.5. The fourth-order valence-electron chi connectivity index (χ4n) is 1.75. The van der Waals surface area contributed by atoms with Crippen LogP contribution in [0, 0.1) is 10.1 Å². The van der Waals surface area contributed by atoms with Crippen LogP contribution in [-0.2, 0) is 0 Å². The lowest BCUT2D eigenvalue weighted by Gasteiger charge is -2.31. The van der Waals surface area contributed by atoms with Crippen LogP contribution in [-0.4, -0.2) is 48.5 Å². The Morgan fingerprint density at radius 2 is 1.76 bits per heavy atom. The number of aliphatic imine (C=N–C) groups is 1. The molecule has 0 aromatic heterocycles. The molecule has 0 saturated carbocycles. The molecule has 0 unspecified atom stereocenters. The Morgan fingerprint density at radius 1 is 1.24 bits per heavy atom. The Morgan fingerprint density at radius 3 is 2.19 bits per heavy atom. The van der Waals surface area contributed by atoms with Crippen molar-refractivity contribution in [2.24, 2.45) is 4.99 Å². The van der Waals surface area contributed by atoms with Crippen molar-refractivity contribution in [2.45, 2.75) is 13.8 Å². The predicted molar refractivity (Wildman–Crippen MR) is 87.0 cm³/mol. The number of halogens is 1. The van der Waals surface area contributed by atoms with Crippen molar-refractivity contribution in [1.29, 1.82) is 0 Å². The summed E-state index contributed by atoms with van der Waals surface area (Å²) in [5, 5.41) is 22.4. The second-order valence-corrected chi connectivity index (χ2v) is 4.97. The highest BCUT2D eigenvalue weighted by molar-refractivity contribution is 8.93. The number of quaternary nitrogens is 1. The van der Waals surface area contributed by atoms with Crippen molar-refractivity contribution in [3.05, 3.63) is 39.9 Å². The molecular formula is C14H22BrN3O3. The fraction of sp³-hybridized carbons (Fsp3) is 0.500. The summed E-state index contributed by atoms with van der Waals surface area (Å²) in [5.74, 6) is -0.321. The summed E-state index contributed by atoms with van der Waals surface area (Å²) in [6, 6.07) is 5.53. The summed E-state index contributed by atoms with van der Waals surface area (Å²) in [4.78, 5) is 14.1. The zero-order chi connectivity index (χ0) is 15.2. The average molecular weight is 360 g/mol. The van der Waals surface area contributed by atoms with Gasteiger partial charge >= 0.3 is 0 Å². The van der Waals surface area contributed by atoms with Gasteiger partial charge in [0, 0.05) is 12.1 Å². The fourth-order valence-corrected chi connectivity index (χ4v) is 1.75. The Hall–Kier alpha value is -1.47. The van der Waals surface area contributed by atoms with Crippen molar-refractivity contribution in [1.82, 2.24) is 0 Å². The van der Waals surface area contributed by atoms with Gasteiger partial charge in [-0.3, -0.25) is 15.1 Å². The third-order valence-electron chi connectivity index (χ3n) is 3.75. The molecule has 6 nitrogen and oxygen atoms in total. The van der Waals surface area contributed by atoms with Crippen LogP contribution in [0.2, 0.25) is 0 Å². The summed E-state index contributed by atoms with van der Waals surface area (Å²) in [5.41, 5.74) is 0.362. The maximum absolute atomic E-state index is 11.8. The Kier molecular flexibility index (Phi) is 8.12. The molecule has 7 heteroatoms. The van der Waals surface area contributed by atoms with Gasteiger partial charge in [-0.1, -0.05) is 0 Å². The molecule has 0 N–H and O–H groups in total. The lowest BCUT2D eigenvalue weighted by molar-refractivity contribution is -0.904. The molecule has 118 valence electrons. The second-order valence-electron chi connectivity index (χ2n) is 4.97. The van der Waals surface area contributed by atoms with Gasteiger partial charge in [-0.05, 0) is 37.4 Å². The van der Waals surface area contributed by atoms with Crippen LogP contribution in [0.5, 0.6) is 0 Å². The number of nitro groups is 1. The Labute approximate surface area is 135 Å². The molecule has 0 saturated heterocycles. The van der Waals surface area contributed by atoms with E-state index in [1.165, 1.54) is 24.3 Å². The monoisotopic (exact) mass is 359 g/mol. The first-order valence-electron chi connectivity index (χ1n) is 6.71. The van der Waals surface area contributed by atoms with E-state index in [0.29, 0.717) is 12.1 Å². The van der Waals surface area contributed by atoms with E-state index >= 15 is 0 Å². The second kappa shape index (κ2) is 8.74. The lowest BCUT2D eigenvalue weighted by atomic mass is 10.2. The van der Waals surface area contributed by atoms with Crippen molar-refractivity contribution < 1.29 is 14.5 Å². The molecule has 0 aliphatic carbocycles. The maximum atomic E-state index is 11.8. The molecule has 0 atom stereocenters. The molecule has 0 radical (unpaired) electrons. The smallest absolute Gasteiger partial charge is 0.269 e. The minimum atomic E-state index is -0.489. The first-order chi connectivity index (χ1) is 9.41. The highest BCUT2D eigenvalue weighted by Crippen LogP contribution is 2.11. The molecule has 0 amide bonds. The number of nitrogens with zero attached hydrogens (tertiary/aromatic N) is 3. The van der Waals surface area contributed by atoms with Crippen molar-refractivity contribution in [3.63, 3.8) is 0 Å². The van der Waals surface area contributed by atoms with Crippen LogP contribution in [0.1, 0.15) is 19.4 Å². The topological polar surface area (TPSA) is 78.6 Å². The SMILES string of the molecule is Br.CC[N+](C)(CC)CCN=C([O-])c1ccc([N+](=O)[O-])cc1. The molecule has 0 aliphatic heterocycles. The van der Waals surface area contributed by atoms with Crippen molar-refractivity contribution >= 4 is 28.6 Å². The van der Waals surface area contributed by atoms with E-state index in [1.807, 2.05) is 0 Å². The van der Waals surface area contributed by atoms with Crippen LogP contribution in [0.15, 0.2) is 29.3 Å². The van der Waals surface area contributed by atoms with Gasteiger partial charge < -0.3 is 9.59 Å². The standard InChI is InChI=1S/C14H21N3O3.BrH/c1-4-17(3,5-2)11-10-15-14(18)12-6-8-13(9-7-12)16(19)20;/h6-9H,4-5,10-11H2,1-3H3;1H. The van der Waals surface area contributed by atoms with Gasteiger partial charge in [-0.15, -0.1) is 17.0 Å². The average Bonchev–Trinajstić information content (AvgIpc) is 2.47. The summed E-state index contributed by atoms with van der Waals surface area (Å²) < 4.78 is 0.872. The van der Waals surface area contributed by atoms with Gasteiger partial charge in [0.15, 0.2) is 0 Å². The number of non-ortho nitro benzene ring substituents is 1. The molecule has 1 aromatic rings. The van der Waals surface area contributed by atoms with Gasteiger partial charge in [-0.2, -0.15) is 0 Å². The highest BCUT2D eigenvalue weighted by Gasteiger charge is 2.14. The highest BCUT2D eigenvalue weighted by atomic mass is 79.9. The van der Waals surface area contributed by atoms with E-state index in [9.17, 15) is 15.2 Å². The van der Waals surface area contributed by atoms with Crippen LogP contribution < -0.4 is 5.11 Å². The molecule has 0 aliphatic rings. The number of rotatable bonds is 7. The third-order valence-corrected chi connectivity index (χ3v) is 3.75. The number of benzene rings is 1. The van der Waals surface area contributed by atoms with E-state index in [2.05, 4.69) is 25.9 Å². The van der Waals surface area contributed by atoms with Crippen LogP contribution >= 0.6 is 17.0 Å². The minimum Gasteiger partial charge on any atom is -0.858 e. The lowest BCUT2D eigenvalue weighted by Crippen LogP contribution is -2.45. The molecule has 0 fully saturated rings. The van der Waals surface area contributed by atoms with E-state index in [1.54, 1.807) is 0 Å². The molecule has 1 aromatic carbocycles.